The van der Waals surface area contributed by atoms with Crippen molar-refractivity contribution in [1.82, 2.24) is 9.97 Å². The topological polar surface area (TPSA) is 50.3 Å². The maximum Gasteiger partial charge on any atom is 0.158 e. The van der Waals surface area contributed by atoms with Gasteiger partial charge in [0.25, 0.3) is 0 Å². The summed E-state index contributed by atoms with van der Waals surface area (Å²) in [7, 11) is 1.68. The molecule has 0 radical (unpaired) electrons. The molecule has 0 saturated heterocycles. The van der Waals surface area contributed by atoms with Crippen LogP contribution in [0.15, 0.2) is 6.07 Å². The van der Waals surface area contributed by atoms with Gasteiger partial charge in [0.2, 0.25) is 0 Å². The Balaban J connectivity index is 2.14. The fraction of sp³-hybridized carbons (Fsp3) is 0.750. The summed E-state index contributed by atoms with van der Waals surface area (Å²) >= 11 is 0. The smallest absolute Gasteiger partial charge is 0.158 e. The third-order valence-corrected chi connectivity index (χ3v) is 4.00. The second kappa shape index (κ2) is 8.17. The number of hydrogen-bond acceptors (Lipinski definition) is 5. The van der Waals surface area contributed by atoms with Gasteiger partial charge in [-0.2, -0.15) is 0 Å². The Morgan fingerprint density at radius 2 is 2.14 bits per heavy atom. The molecular formula is C16H28N4O. The molecule has 1 aromatic heterocycles. The fourth-order valence-corrected chi connectivity index (χ4v) is 2.55. The molecule has 0 spiro atoms. The largest absolute Gasteiger partial charge is 0.377 e. The van der Waals surface area contributed by atoms with E-state index in [9.17, 15) is 0 Å². The second-order valence-electron chi connectivity index (χ2n) is 5.72. The summed E-state index contributed by atoms with van der Waals surface area (Å²) in [6.45, 7) is 7.81. The first-order valence-corrected chi connectivity index (χ1v) is 8.12. The van der Waals surface area contributed by atoms with Crippen LogP contribution in [0.1, 0.15) is 45.4 Å². The Morgan fingerprint density at radius 3 is 2.71 bits per heavy atom. The Kier molecular flexibility index (Phi) is 6.23. The standard InChI is InChI=1S/C16H28N4O/c1-4-9-17-14-10-16(19-15(18-14)12-21-3)20(5-2)11-13-7-6-8-13/h10,13H,4-9,11-12H2,1-3H3,(H,17,18,19). The number of aromatic nitrogens is 2. The first-order chi connectivity index (χ1) is 10.3. The molecule has 118 valence electrons. The van der Waals surface area contributed by atoms with Gasteiger partial charge in [-0.3, -0.25) is 0 Å². The number of ether oxygens (including phenoxy) is 1. The maximum absolute atomic E-state index is 5.20. The van der Waals surface area contributed by atoms with Gasteiger partial charge in [-0.05, 0) is 32.1 Å². The molecule has 1 fully saturated rings. The number of nitrogens with one attached hydrogen (secondary N) is 1. The van der Waals surface area contributed by atoms with Crippen LogP contribution in [0.4, 0.5) is 11.6 Å². The highest BCUT2D eigenvalue weighted by Gasteiger charge is 2.21. The summed E-state index contributed by atoms with van der Waals surface area (Å²) in [6, 6.07) is 2.07. The van der Waals surface area contributed by atoms with Gasteiger partial charge in [-0.1, -0.05) is 13.3 Å². The van der Waals surface area contributed by atoms with Crippen molar-refractivity contribution in [3.8, 4) is 0 Å². The number of anilines is 2. The highest BCUT2D eigenvalue weighted by atomic mass is 16.5. The van der Waals surface area contributed by atoms with Crippen LogP contribution >= 0.6 is 0 Å². The summed E-state index contributed by atoms with van der Waals surface area (Å²) in [5.41, 5.74) is 0. The lowest BCUT2D eigenvalue weighted by atomic mass is 9.85. The minimum absolute atomic E-state index is 0.454. The highest BCUT2D eigenvalue weighted by Crippen LogP contribution is 2.29. The van der Waals surface area contributed by atoms with Gasteiger partial charge < -0.3 is 15.0 Å². The Morgan fingerprint density at radius 1 is 1.33 bits per heavy atom. The first kappa shape index (κ1) is 16.0. The van der Waals surface area contributed by atoms with Crippen LogP contribution in [0.3, 0.4) is 0 Å². The third kappa shape index (κ3) is 4.56. The summed E-state index contributed by atoms with van der Waals surface area (Å²) in [6.07, 6.45) is 5.17. The molecule has 5 nitrogen and oxygen atoms in total. The van der Waals surface area contributed by atoms with Crippen LogP contribution < -0.4 is 10.2 Å². The fourth-order valence-electron chi connectivity index (χ4n) is 2.55. The van der Waals surface area contributed by atoms with E-state index in [-0.39, 0.29) is 0 Å². The van der Waals surface area contributed by atoms with E-state index in [0.717, 1.165) is 49.4 Å². The van der Waals surface area contributed by atoms with Crippen molar-refractivity contribution in [3.05, 3.63) is 11.9 Å². The SMILES string of the molecule is CCCNc1cc(N(CC)CC2CCC2)nc(COC)n1. The van der Waals surface area contributed by atoms with E-state index in [1.807, 2.05) is 0 Å². The first-order valence-electron chi connectivity index (χ1n) is 8.12. The third-order valence-electron chi connectivity index (χ3n) is 4.00. The van der Waals surface area contributed by atoms with Crippen LogP contribution in [-0.2, 0) is 11.3 Å². The number of hydrogen-bond donors (Lipinski definition) is 1. The molecule has 1 aliphatic rings. The molecule has 21 heavy (non-hydrogen) atoms. The average molecular weight is 292 g/mol. The molecule has 1 saturated carbocycles. The van der Waals surface area contributed by atoms with E-state index >= 15 is 0 Å². The van der Waals surface area contributed by atoms with Gasteiger partial charge in [0, 0.05) is 32.8 Å². The second-order valence-corrected chi connectivity index (χ2v) is 5.72. The molecule has 0 atom stereocenters. The molecule has 1 aliphatic carbocycles. The van der Waals surface area contributed by atoms with Crippen LogP contribution in [-0.4, -0.2) is 36.7 Å². The molecule has 1 N–H and O–H groups in total. The zero-order chi connectivity index (χ0) is 15.1. The maximum atomic E-state index is 5.20. The van der Waals surface area contributed by atoms with Gasteiger partial charge in [-0.25, -0.2) is 9.97 Å². The van der Waals surface area contributed by atoms with Gasteiger partial charge in [0.1, 0.15) is 18.2 Å². The van der Waals surface area contributed by atoms with Crippen molar-refractivity contribution in [3.63, 3.8) is 0 Å². The number of nitrogens with zero attached hydrogens (tertiary/aromatic N) is 3. The summed E-state index contributed by atoms with van der Waals surface area (Å²) < 4.78 is 5.20. The van der Waals surface area contributed by atoms with Crippen LogP contribution in [0.2, 0.25) is 0 Å². The lowest BCUT2D eigenvalue weighted by Crippen LogP contribution is -2.33. The minimum Gasteiger partial charge on any atom is -0.377 e. The Bertz CT molecular complexity index is 434. The Hall–Kier alpha value is -1.36. The molecule has 2 rings (SSSR count). The zero-order valence-electron chi connectivity index (χ0n) is 13.6. The van der Waals surface area contributed by atoms with E-state index in [1.54, 1.807) is 7.11 Å². The van der Waals surface area contributed by atoms with E-state index in [4.69, 9.17) is 4.74 Å². The van der Waals surface area contributed by atoms with E-state index in [1.165, 1.54) is 19.3 Å². The number of rotatable bonds is 9. The minimum atomic E-state index is 0.454. The molecule has 0 bridgehead atoms. The molecule has 5 heteroatoms. The molecule has 0 aliphatic heterocycles. The van der Waals surface area contributed by atoms with Crippen molar-refractivity contribution in [2.75, 3.05) is 37.0 Å². The molecule has 0 aromatic carbocycles. The molecule has 1 heterocycles. The van der Waals surface area contributed by atoms with Crippen molar-refractivity contribution in [2.45, 2.75) is 46.1 Å². The van der Waals surface area contributed by atoms with Gasteiger partial charge in [-0.15, -0.1) is 0 Å². The van der Waals surface area contributed by atoms with Gasteiger partial charge in [0.15, 0.2) is 5.82 Å². The van der Waals surface area contributed by atoms with E-state index < -0.39 is 0 Å². The predicted octanol–water partition coefficient (Wildman–Crippen LogP) is 3.07. The Labute approximate surface area is 128 Å². The van der Waals surface area contributed by atoms with Crippen LogP contribution in [0, 0.1) is 5.92 Å². The summed E-state index contributed by atoms with van der Waals surface area (Å²) in [5, 5.41) is 3.36. The predicted molar refractivity (Wildman–Crippen MR) is 86.8 cm³/mol. The zero-order valence-corrected chi connectivity index (χ0v) is 13.6. The van der Waals surface area contributed by atoms with Crippen molar-refractivity contribution in [2.24, 2.45) is 5.92 Å². The van der Waals surface area contributed by atoms with Gasteiger partial charge in [0.05, 0.1) is 0 Å². The quantitative estimate of drug-likeness (QED) is 0.758. The van der Waals surface area contributed by atoms with Crippen LogP contribution in [0.25, 0.3) is 0 Å². The molecule has 0 amide bonds. The van der Waals surface area contributed by atoms with Crippen molar-refractivity contribution >= 4 is 11.6 Å². The van der Waals surface area contributed by atoms with Crippen LogP contribution in [0.5, 0.6) is 0 Å². The molecular weight excluding hydrogens is 264 g/mol. The van der Waals surface area contributed by atoms with Crippen molar-refractivity contribution in [1.29, 1.82) is 0 Å². The van der Waals surface area contributed by atoms with Gasteiger partial charge >= 0.3 is 0 Å². The van der Waals surface area contributed by atoms with E-state index in [0.29, 0.717) is 6.61 Å². The van der Waals surface area contributed by atoms with E-state index in [2.05, 4.69) is 40.1 Å². The highest BCUT2D eigenvalue weighted by molar-refractivity contribution is 5.49. The normalized spacial score (nSPS) is 14.8. The average Bonchev–Trinajstić information content (AvgIpc) is 2.44. The molecule has 1 aromatic rings. The molecule has 0 unspecified atom stereocenters. The van der Waals surface area contributed by atoms with Crippen molar-refractivity contribution < 1.29 is 4.74 Å². The summed E-state index contributed by atoms with van der Waals surface area (Å²) in [5.74, 6) is 3.50. The number of methoxy groups -OCH3 is 1. The lowest BCUT2D eigenvalue weighted by molar-refractivity contribution is 0.178. The summed E-state index contributed by atoms with van der Waals surface area (Å²) in [4.78, 5) is 11.5. The monoisotopic (exact) mass is 292 g/mol. The lowest BCUT2D eigenvalue weighted by Gasteiger charge is -2.32.